The van der Waals surface area contributed by atoms with Gasteiger partial charge in [-0.25, -0.2) is 0 Å². The number of aldehydes is 1. The van der Waals surface area contributed by atoms with E-state index >= 15 is 0 Å². The van der Waals surface area contributed by atoms with E-state index in [-0.39, 0.29) is 6.10 Å². The van der Waals surface area contributed by atoms with E-state index < -0.39 is 0 Å². The highest BCUT2D eigenvalue weighted by Gasteiger charge is 2.25. The molecule has 0 saturated carbocycles. The maximum absolute atomic E-state index is 10.4. The molecule has 1 aliphatic heterocycles. The smallest absolute Gasteiger partial charge is 0.161 e. The van der Waals surface area contributed by atoms with Crippen LogP contribution >= 0.6 is 0 Å². The summed E-state index contributed by atoms with van der Waals surface area (Å²) in [4.78, 5) is 12.6. The van der Waals surface area contributed by atoms with E-state index in [1.54, 1.807) is 7.11 Å². The minimum Gasteiger partial charge on any atom is -0.493 e. The molecule has 1 aromatic rings. The van der Waals surface area contributed by atoms with Crippen molar-refractivity contribution in [2.75, 3.05) is 27.2 Å². The number of carbonyl (C=O) groups excluding carboxylic acids is 1. The molecule has 0 aliphatic carbocycles. The molecular formula is C14H19NO3. The molecule has 4 nitrogen and oxygen atoms in total. The lowest BCUT2D eigenvalue weighted by molar-refractivity contribution is -0.107. The number of aryl methyl sites for hydroxylation is 1. The van der Waals surface area contributed by atoms with E-state index in [4.69, 9.17) is 9.47 Å². The van der Waals surface area contributed by atoms with Crippen LogP contribution < -0.4 is 9.47 Å². The van der Waals surface area contributed by atoms with Crippen molar-refractivity contribution >= 4 is 6.29 Å². The van der Waals surface area contributed by atoms with Gasteiger partial charge in [0.15, 0.2) is 11.5 Å². The second kappa shape index (κ2) is 5.87. The third kappa shape index (κ3) is 3.01. The first-order valence-corrected chi connectivity index (χ1v) is 6.18. The summed E-state index contributed by atoms with van der Waals surface area (Å²) < 4.78 is 11.2. The molecule has 1 aromatic carbocycles. The van der Waals surface area contributed by atoms with Crippen LogP contribution in [0.4, 0.5) is 0 Å². The Kier molecular flexibility index (Phi) is 4.20. The van der Waals surface area contributed by atoms with Crippen LogP contribution in [0.15, 0.2) is 18.2 Å². The number of carbonyl (C=O) groups is 1. The van der Waals surface area contributed by atoms with Crippen molar-refractivity contribution in [2.24, 2.45) is 0 Å². The van der Waals surface area contributed by atoms with Gasteiger partial charge in [0.25, 0.3) is 0 Å². The SMILES string of the molecule is COc1ccc(CCC=O)cc1OC1CN(C)C1. The average Bonchev–Trinajstić information content (AvgIpc) is 2.35. The third-order valence-corrected chi connectivity index (χ3v) is 3.10. The zero-order valence-electron chi connectivity index (χ0n) is 10.9. The summed E-state index contributed by atoms with van der Waals surface area (Å²) in [6.07, 6.45) is 2.46. The summed E-state index contributed by atoms with van der Waals surface area (Å²) in [6.45, 7) is 1.89. The van der Waals surface area contributed by atoms with Gasteiger partial charge in [-0.05, 0) is 31.2 Å². The van der Waals surface area contributed by atoms with E-state index in [9.17, 15) is 4.79 Å². The Hall–Kier alpha value is -1.55. The quantitative estimate of drug-likeness (QED) is 0.717. The largest absolute Gasteiger partial charge is 0.493 e. The van der Waals surface area contributed by atoms with Crippen LogP contribution in [0.2, 0.25) is 0 Å². The maximum Gasteiger partial charge on any atom is 0.161 e. The highest BCUT2D eigenvalue weighted by Crippen LogP contribution is 2.30. The van der Waals surface area contributed by atoms with Gasteiger partial charge in [-0.1, -0.05) is 6.07 Å². The number of likely N-dealkylation sites (tertiary alicyclic amines) is 1. The Balaban J connectivity index is 2.06. The number of nitrogens with zero attached hydrogens (tertiary/aromatic N) is 1. The van der Waals surface area contributed by atoms with E-state index in [1.165, 1.54) is 0 Å². The summed E-state index contributed by atoms with van der Waals surface area (Å²) in [7, 11) is 3.71. The van der Waals surface area contributed by atoms with Crippen molar-refractivity contribution < 1.29 is 14.3 Å². The zero-order chi connectivity index (χ0) is 13.0. The van der Waals surface area contributed by atoms with Gasteiger partial charge in [-0.15, -0.1) is 0 Å². The van der Waals surface area contributed by atoms with E-state index in [0.717, 1.165) is 42.9 Å². The fraction of sp³-hybridized carbons (Fsp3) is 0.500. The van der Waals surface area contributed by atoms with Crippen LogP contribution in [-0.4, -0.2) is 44.5 Å². The second-order valence-corrected chi connectivity index (χ2v) is 4.65. The Morgan fingerprint density at radius 2 is 2.17 bits per heavy atom. The minimum absolute atomic E-state index is 0.241. The van der Waals surface area contributed by atoms with Gasteiger partial charge in [-0.3, -0.25) is 4.90 Å². The Morgan fingerprint density at radius 3 is 2.78 bits per heavy atom. The molecule has 0 amide bonds. The summed E-state index contributed by atoms with van der Waals surface area (Å²) in [6, 6.07) is 5.85. The number of hydrogen-bond donors (Lipinski definition) is 0. The van der Waals surface area contributed by atoms with Gasteiger partial charge < -0.3 is 14.3 Å². The predicted octanol–water partition coefficient (Wildman–Crippen LogP) is 1.52. The van der Waals surface area contributed by atoms with Crippen molar-refractivity contribution in [1.82, 2.24) is 4.90 Å². The van der Waals surface area contributed by atoms with Gasteiger partial charge in [0.1, 0.15) is 12.4 Å². The monoisotopic (exact) mass is 249 g/mol. The van der Waals surface area contributed by atoms with Crippen molar-refractivity contribution in [1.29, 1.82) is 0 Å². The van der Waals surface area contributed by atoms with Crippen LogP contribution in [0.1, 0.15) is 12.0 Å². The molecule has 0 N–H and O–H groups in total. The first-order valence-electron chi connectivity index (χ1n) is 6.18. The van der Waals surface area contributed by atoms with Crippen molar-refractivity contribution in [2.45, 2.75) is 18.9 Å². The molecule has 4 heteroatoms. The molecule has 1 aliphatic rings. The topological polar surface area (TPSA) is 38.8 Å². The lowest BCUT2D eigenvalue weighted by Crippen LogP contribution is -2.51. The molecule has 1 saturated heterocycles. The molecular weight excluding hydrogens is 230 g/mol. The Labute approximate surface area is 107 Å². The Bertz CT molecular complexity index is 414. The normalized spacial score (nSPS) is 16.1. The molecule has 1 fully saturated rings. The maximum atomic E-state index is 10.4. The molecule has 0 unspecified atom stereocenters. The molecule has 0 spiro atoms. The fourth-order valence-corrected chi connectivity index (χ4v) is 2.09. The number of ether oxygens (including phenoxy) is 2. The minimum atomic E-state index is 0.241. The summed E-state index contributed by atoms with van der Waals surface area (Å²) in [5.41, 5.74) is 1.10. The van der Waals surface area contributed by atoms with Gasteiger partial charge >= 0.3 is 0 Å². The van der Waals surface area contributed by atoms with Gasteiger partial charge in [0.2, 0.25) is 0 Å². The van der Waals surface area contributed by atoms with Crippen molar-refractivity contribution in [3.63, 3.8) is 0 Å². The van der Waals surface area contributed by atoms with Crippen LogP contribution in [0.5, 0.6) is 11.5 Å². The van der Waals surface area contributed by atoms with Gasteiger partial charge in [0, 0.05) is 19.5 Å². The molecule has 98 valence electrons. The predicted molar refractivity (Wildman–Crippen MR) is 69.3 cm³/mol. The number of benzene rings is 1. The first kappa shape index (κ1) is 12.9. The molecule has 2 rings (SSSR count). The standard InChI is InChI=1S/C14H19NO3/c1-15-9-12(10-15)18-14-8-11(4-3-7-16)5-6-13(14)17-2/h5-8,12H,3-4,9-10H2,1-2H3. The van der Waals surface area contributed by atoms with Gasteiger partial charge in [-0.2, -0.15) is 0 Å². The van der Waals surface area contributed by atoms with Gasteiger partial charge in [0.05, 0.1) is 7.11 Å². The lowest BCUT2D eigenvalue weighted by atomic mass is 10.1. The summed E-state index contributed by atoms with van der Waals surface area (Å²) >= 11 is 0. The third-order valence-electron chi connectivity index (χ3n) is 3.10. The van der Waals surface area contributed by atoms with E-state index in [0.29, 0.717) is 6.42 Å². The highest BCUT2D eigenvalue weighted by atomic mass is 16.5. The average molecular weight is 249 g/mol. The Morgan fingerprint density at radius 1 is 1.39 bits per heavy atom. The molecule has 0 atom stereocenters. The highest BCUT2D eigenvalue weighted by molar-refractivity contribution is 5.51. The molecule has 1 heterocycles. The van der Waals surface area contributed by atoms with Crippen LogP contribution in [0.25, 0.3) is 0 Å². The zero-order valence-corrected chi connectivity index (χ0v) is 10.9. The number of likely N-dealkylation sites (N-methyl/N-ethyl adjacent to an activating group) is 1. The van der Waals surface area contributed by atoms with Crippen LogP contribution in [0.3, 0.4) is 0 Å². The molecule has 0 radical (unpaired) electrons. The fourth-order valence-electron chi connectivity index (χ4n) is 2.09. The lowest BCUT2D eigenvalue weighted by Gasteiger charge is -2.36. The number of rotatable bonds is 6. The second-order valence-electron chi connectivity index (χ2n) is 4.65. The van der Waals surface area contributed by atoms with E-state index in [2.05, 4.69) is 11.9 Å². The van der Waals surface area contributed by atoms with E-state index in [1.807, 2.05) is 18.2 Å². The summed E-state index contributed by atoms with van der Waals surface area (Å²) in [5, 5.41) is 0. The molecule has 0 aromatic heterocycles. The molecule has 0 bridgehead atoms. The first-order chi connectivity index (χ1) is 8.72. The van der Waals surface area contributed by atoms with Crippen LogP contribution in [-0.2, 0) is 11.2 Å². The van der Waals surface area contributed by atoms with Crippen LogP contribution in [0, 0.1) is 0 Å². The number of hydrogen-bond acceptors (Lipinski definition) is 4. The number of methoxy groups -OCH3 is 1. The van der Waals surface area contributed by atoms with Crippen molar-refractivity contribution in [3.8, 4) is 11.5 Å². The summed E-state index contributed by atoms with van der Waals surface area (Å²) in [5.74, 6) is 1.53. The molecule has 18 heavy (non-hydrogen) atoms. The van der Waals surface area contributed by atoms with Crippen molar-refractivity contribution in [3.05, 3.63) is 23.8 Å².